The number of hydrogen-bond acceptors (Lipinski definition) is 5. The zero-order chi connectivity index (χ0) is 20.9. The Balaban J connectivity index is 1.83. The number of ether oxygens (including phenoxy) is 1. The van der Waals surface area contributed by atoms with Crippen LogP contribution in [0.25, 0.3) is 21.6 Å². The second-order valence-corrected chi connectivity index (χ2v) is 7.86. The van der Waals surface area contributed by atoms with Gasteiger partial charge in [0.25, 0.3) is 0 Å². The lowest BCUT2D eigenvalue weighted by Gasteiger charge is -2.09. The highest BCUT2D eigenvalue weighted by atomic mass is 35.5. The molecule has 0 atom stereocenters. The average Bonchev–Trinajstić information content (AvgIpc) is 3.14. The maximum atomic E-state index is 9.88. The number of hydrogen-bond donors (Lipinski definition) is 1. The van der Waals surface area contributed by atoms with E-state index in [9.17, 15) is 5.26 Å². The van der Waals surface area contributed by atoms with Crippen LogP contribution in [0.2, 0.25) is 5.02 Å². The third-order valence-corrected chi connectivity index (χ3v) is 5.87. The molecule has 30 heavy (non-hydrogen) atoms. The summed E-state index contributed by atoms with van der Waals surface area (Å²) in [5, 5.41) is 14.5. The van der Waals surface area contributed by atoms with E-state index in [0.29, 0.717) is 22.3 Å². The molecule has 0 radical (unpaired) electrons. The monoisotopic (exact) mass is 431 g/mol. The number of nitrogens with one attached hydrogen (secondary N) is 1. The van der Waals surface area contributed by atoms with Crippen LogP contribution in [-0.2, 0) is 0 Å². The van der Waals surface area contributed by atoms with E-state index in [0.717, 1.165) is 33.1 Å². The third kappa shape index (κ3) is 4.16. The molecule has 6 heteroatoms. The van der Waals surface area contributed by atoms with E-state index in [-0.39, 0.29) is 0 Å². The first-order chi connectivity index (χ1) is 14.7. The molecule has 0 unspecified atom stereocenters. The summed E-state index contributed by atoms with van der Waals surface area (Å²) in [5.74, 6) is 0.727. The number of rotatable bonds is 6. The highest BCUT2D eigenvalue weighted by Gasteiger charge is 2.22. The van der Waals surface area contributed by atoms with Crippen LogP contribution in [0.15, 0.2) is 72.9 Å². The Hall–Kier alpha value is -3.33. The van der Waals surface area contributed by atoms with Gasteiger partial charge in [-0.2, -0.15) is 5.26 Å². The summed E-state index contributed by atoms with van der Waals surface area (Å²) in [6, 6.07) is 23.6. The highest BCUT2D eigenvalue weighted by Crippen LogP contribution is 2.47. The molecule has 4 aromatic rings. The van der Waals surface area contributed by atoms with Crippen molar-refractivity contribution in [2.24, 2.45) is 0 Å². The van der Waals surface area contributed by atoms with E-state index in [1.807, 2.05) is 73.7 Å². The van der Waals surface area contributed by atoms with Crippen molar-refractivity contribution >= 4 is 34.4 Å². The molecule has 0 amide bonds. The predicted molar refractivity (Wildman–Crippen MR) is 124 cm³/mol. The van der Waals surface area contributed by atoms with Crippen molar-refractivity contribution in [1.29, 1.82) is 5.26 Å². The third-order valence-electron chi connectivity index (χ3n) is 4.46. The number of aromatic nitrogens is 1. The van der Waals surface area contributed by atoms with Crippen molar-refractivity contribution in [3.63, 3.8) is 0 Å². The van der Waals surface area contributed by atoms with Gasteiger partial charge in [-0.3, -0.25) is 0 Å². The molecule has 0 aliphatic heterocycles. The summed E-state index contributed by atoms with van der Waals surface area (Å²) < 4.78 is 5.78. The van der Waals surface area contributed by atoms with Crippen LogP contribution < -0.4 is 10.1 Å². The van der Waals surface area contributed by atoms with Crippen LogP contribution in [0.5, 0.6) is 5.06 Å². The summed E-state index contributed by atoms with van der Waals surface area (Å²) in [4.78, 5) is 5.39. The number of anilines is 2. The van der Waals surface area contributed by atoms with Gasteiger partial charge in [-0.15, -0.1) is 0 Å². The normalized spacial score (nSPS) is 10.4. The van der Waals surface area contributed by atoms with Crippen LogP contribution in [0.3, 0.4) is 0 Å². The standard InChI is InChI=1S/C24H18ClN3OS/c1-2-29-24-20(15-26)22(16-8-10-18(25)11-9-16)23(30-24)17-12-13-27-21(14-17)28-19-6-4-3-5-7-19/h3-14H,2H2,1H3,(H,27,28). The smallest absolute Gasteiger partial charge is 0.193 e. The first-order valence-electron chi connectivity index (χ1n) is 9.43. The molecular formula is C24H18ClN3OS. The molecule has 0 spiro atoms. The maximum Gasteiger partial charge on any atom is 0.193 e. The number of halogens is 1. The van der Waals surface area contributed by atoms with Gasteiger partial charge in [0.15, 0.2) is 5.06 Å². The van der Waals surface area contributed by atoms with E-state index in [1.165, 1.54) is 11.3 Å². The quantitative estimate of drug-likeness (QED) is 0.352. The van der Waals surface area contributed by atoms with Gasteiger partial charge in [-0.25, -0.2) is 4.98 Å². The van der Waals surface area contributed by atoms with Gasteiger partial charge in [-0.05, 0) is 54.4 Å². The zero-order valence-corrected chi connectivity index (χ0v) is 17.8. The minimum absolute atomic E-state index is 0.492. The Labute approximate surface area is 184 Å². The minimum atomic E-state index is 0.492. The van der Waals surface area contributed by atoms with Crippen LogP contribution in [0.1, 0.15) is 12.5 Å². The molecule has 4 nitrogen and oxygen atoms in total. The van der Waals surface area contributed by atoms with Crippen LogP contribution in [-0.4, -0.2) is 11.6 Å². The predicted octanol–water partition coefficient (Wildman–Crippen LogP) is 7.14. The van der Waals surface area contributed by atoms with Gasteiger partial charge in [0.1, 0.15) is 17.5 Å². The Bertz CT molecular complexity index is 1200. The Morgan fingerprint density at radius 2 is 1.83 bits per heavy atom. The van der Waals surface area contributed by atoms with Gasteiger partial charge in [0.2, 0.25) is 0 Å². The second kappa shape index (κ2) is 9.00. The summed E-state index contributed by atoms with van der Waals surface area (Å²) in [6.07, 6.45) is 1.76. The minimum Gasteiger partial charge on any atom is -0.483 e. The number of nitriles is 1. The fraction of sp³-hybridized carbons (Fsp3) is 0.0833. The van der Waals surface area contributed by atoms with Gasteiger partial charge >= 0.3 is 0 Å². The van der Waals surface area contributed by atoms with Crippen molar-refractivity contribution in [1.82, 2.24) is 4.98 Å². The molecule has 0 saturated carbocycles. The van der Waals surface area contributed by atoms with E-state index in [4.69, 9.17) is 16.3 Å². The topological polar surface area (TPSA) is 57.9 Å². The number of thiophene rings is 1. The molecule has 0 fully saturated rings. The molecule has 0 aliphatic carbocycles. The first kappa shape index (κ1) is 20.0. The fourth-order valence-electron chi connectivity index (χ4n) is 3.15. The molecule has 0 aliphatic rings. The largest absolute Gasteiger partial charge is 0.483 e. The highest BCUT2D eigenvalue weighted by molar-refractivity contribution is 7.18. The molecule has 0 saturated heterocycles. The Morgan fingerprint density at radius 3 is 2.53 bits per heavy atom. The molecule has 2 heterocycles. The van der Waals surface area contributed by atoms with Gasteiger partial charge < -0.3 is 10.1 Å². The van der Waals surface area contributed by atoms with Crippen molar-refractivity contribution in [2.75, 3.05) is 11.9 Å². The lowest BCUT2D eigenvalue weighted by Crippen LogP contribution is -1.93. The molecule has 148 valence electrons. The number of benzene rings is 2. The first-order valence-corrected chi connectivity index (χ1v) is 10.6. The maximum absolute atomic E-state index is 9.88. The average molecular weight is 432 g/mol. The SMILES string of the molecule is CCOc1sc(-c2ccnc(Nc3ccccc3)c2)c(-c2ccc(Cl)cc2)c1C#N. The number of para-hydroxylation sites is 1. The Kier molecular flexibility index (Phi) is 5.99. The molecule has 4 rings (SSSR count). The van der Waals surface area contributed by atoms with Crippen molar-refractivity contribution < 1.29 is 4.74 Å². The van der Waals surface area contributed by atoms with E-state index in [1.54, 1.807) is 6.20 Å². The van der Waals surface area contributed by atoms with Crippen LogP contribution >= 0.6 is 22.9 Å². The fourth-order valence-corrected chi connectivity index (χ4v) is 4.45. The second-order valence-electron chi connectivity index (χ2n) is 6.44. The molecule has 0 bridgehead atoms. The van der Waals surface area contributed by atoms with Gasteiger partial charge in [0.05, 0.1) is 6.61 Å². The van der Waals surface area contributed by atoms with Crippen molar-refractivity contribution in [3.8, 4) is 32.7 Å². The molecule has 2 aromatic heterocycles. The number of nitrogens with zero attached hydrogens (tertiary/aromatic N) is 2. The van der Waals surface area contributed by atoms with E-state index < -0.39 is 0 Å². The van der Waals surface area contributed by atoms with E-state index in [2.05, 4.69) is 16.4 Å². The van der Waals surface area contributed by atoms with E-state index >= 15 is 0 Å². The lowest BCUT2D eigenvalue weighted by atomic mass is 9.99. The zero-order valence-electron chi connectivity index (χ0n) is 16.2. The molecular weight excluding hydrogens is 414 g/mol. The molecule has 1 N–H and O–H groups in total. The summed E-state index contributed by atoms with van der Waals surface area (Å²) >= 11 is 7.55. The van der Waals surface area contributed by atoms with Crippen LogP contribution in [0.4, 0.5) is 11.5 Å². The summed E-state index contributed by atoms with van der Waals surface area (Å²) in [7, 11) is 0. The lowest BCUT2D eigenvalue weighted by molar-refractivity contribution is 0.349. The van der Waals surface area contributed by atoms with Crippen LogP contribution in [0, 0.1) is 11.3 Å². The summed E-state index contributed by atoms with van der Waals surface area (Å²) in [6.45, 7) is 2.41. The molecule has 2 aromatic carbocycles. The van der Waals surface area contributed by atoms with Crippen molar-refractivity contribution in [2.45, 2.75) is 6.92 Å². The van der Waals surface area contributed by atoms with Crippen molar-refractivity contribution in [3.05, 3.63) is 83.5 Å². The van der Waals surface area contributed by atoms with Gasteiger partial charge in [0, 0.05) is 27.3 Å². The Morgan fingerprint density at radius 1 is 1.07 bits per heavy atom. The van der Waals surface area contributed by atoms with Gasteiger partial charge in [-0.1, -0.05) is 53.3 Å². The summed E-state index contributed by atoms with van der Waals surface area (Å²) in [5.41, 5.74) is 4.22. The number of pyridine rings is 1.